The van der Waals surface area contributed by atoms with E-state index >= 15 is 0 Å². The van der Waals surface area contributed by atoms with Crippen LogP contribution in [0.5, 0.6) is 0 Å². The maximum atomic E-state index is 11.8. The number of amides is 1. The van der Waals surface area contributed by atoms with E-state index in [9.17, 15) is 4.79 Å². The lowest BCUT2D eigenvalue weighted by Gasteiger charge is -2.26. The maximum absolute atomic E-state index is 11.8. The summed E-state index contributed by atoms with van der Waals surface area (Å²) >= 11 is 0. The fourth-order valence-electron chi connectivity index (χ4n) is 3.23. The van der Waals surface area contributed by atoms with Crippen LogP contribution in [0.25, 0.3) is 0 Å². The van der Waals surface area contributed by atoms with Crippen molar-refractivity contribution in [1.82, 2.24) is 10.6 Å². The zero-order valence-electron chi connectivity index (χ0n) is 11.4. The normalized spacial score (nSPS) is 31.7. The SMILES string of the molecule is CC1CCCC(CNC(=O)CC2CCCN2)C1.Cl. The maximum Gasteiger partial charge on any atom is 0.221 e. The summed E-state index contributed by atoms with van der Waals surface area (Å²) in [5.41, 5.74) is 0. The van der Waals surface area contributed by atoms with E-state index in [1.807, 2.05) is 0 Å². The molecule has 3 unspecified atom stereocenters. The van der Waals surface area contributed by atoms with Crippen LogP contribution in [0.15, 0.2) is 0 Å². The minimum absolute atomic E-state index is 0. The third-order valence-electron chi connectivity index (χ3n) is 4.23. The van der Waals surface area contributed by atoms with Gasteiger partial charge in [-0.3, -0.25) is 4.79 Å². The molecule has 0 radical (unpaired) electrons. The van der Waals surface area contributed by atoms with E-state index < -0.39 is 0 Å². The van der Waals surface area contributed by atoms with Crippen LogP contribution in [0.1, 0.15) is 51.9 Å². The van der Waals surface area contributed by atoms with Gasteiger partial charge in [-0.15, -0.1) is 12.4 Å². The number of rotatable bonds is 4. The molecule has 2 rings (SSSR count). The molecule has 18 heavy (non-hydrogen) atoms. The summed E-state index contributed by atoms with van der Waals surface area (Å²) in [5.74, 6) is 1.81. The highest BCUT2D eigenvalue weighted by Gasteiger charge is 2.21. The third kappa shape index (κ3) is 5.15. The summed E-state index contributed by atoms with van der Waals surface area (Å²) in [7, 11) is 0. The van der Waals surface area contributed by atoms with Gasteiger partial charge >= 0.3 is 0 Å². The number of nitrogens with one attached hydrogen (secondary N) is 2. The van der Waals surface area contributed by atoms with Crippen LogP contribution in [0.2, 0.25) is 0 Å². The molecule has 2 aliphatic rings. The summed E-state index contributed by atoms with van der Waals surface area (Å²) in [6.07, 6.45) is 8.35. The van der Waals surface area contributed by atoms with Gasteiger partial charge in [-0.25, -0.2) is 0 Å². The van der Waals surface area contributed by atoms with Crippen LogP contribution in [0.3, 0.4) is 0 Å². The quantitative estimate of drug-likeness (QED) is 0.827. The van der Waals surface area contributed by atoms with Crippen molar-refractivity contribution in [3.05, 3.63) is 0 Å². The molecule has 0 aromatic heterocycles. The van der Waals surface area contributed by atoms with Crippen molar-refractivity contribution >= 4 is 18.3 Å². The van der Waals surface area contributed by atoms with Gasteiger partial charge in [-0.2, -0.15) is 0 Å². The first-order valence-electron chi connectivity index (χ1n) is 7.24. The Morgan fingerprint density at radius 1 is 1.28 bits per heavy atom. The number of halogens is 1. The Kier molecular flexibility index (Phi) is 7.02. The van der Waals surface area contributed by atoms with Crippen molar-refractivity contribution < 1.29 is 4.79 Å². The smallest absolute Gasteiger partial charge is 0.221 e. The second-order valence-corrected chi connectivity index (χ2v) is 5.94. The predicted octanol–water partition coefficient (Wildman–Crippen LogP) is 2.49. The van der Waals surface area contributed by atoms with Gasteiger partial charge in [-0.05, 0) is 44.1 Å². The molecule has 1 amide bonds. The van der Waals surface area contributed by atoms with Gasteiger partial charge in [0.15, 0.2) is 0 Å². The van der Waals surface area contributed by atoms with Crippen molar-refractivity contribution in [3.63, 3.8) is 0 Å². The average Bonchev–Trinajstić information content (AvgIpc) is 2.79. The first-order chi connectivity index (χ1) is 8.24. The summed E-state index contributed by atoms with van der Waals surface area (Å²) in [5, 5.41) is 6.49. The number of hydrogen-bond acceptors (Lipinski definition) is 2. The largest absolute Gasteiger partial charge is 0.356 e. The number of carbonyl (C=O) groups excluding carboxylic acids is 1. The number of carbonyl (C=O) groups is 1. The molecule has 2 fully saturated rings. The molecule has 1 aliphatic carbocycles. The molecule has 1 heterocycles. The van der Waals surface area contributed by atoms with Gasteiger partial charge in [-0.1, -0.05) is 19.8 Å². The molecule has 0 aromatic carbocycles. The first kappa shape index (κ1) is 15.8. The second-order valence-electron chi connectivity index (χ2n) is 5.94. The van der Waals surface area contributed by atoms with E-state index in [1.54, 1.807) is 0 Å². The Morgan fingerprint density at radius 2 is 2.11 bits per heavy atom. The predicted molar refractivity (Wildman–Crippen MR) is 77.0 cm³/mol. The van der Waals surface area contributed by atoms with Crippen molar-refractivity contribution in [2.75, 3.05) is 13.1 Å². The van der Waals surface area contributed by atoms with E-state index in [2.05, 4.69) is 17.6 Å². The molecule has 0 spiro atoms. The van der Waals surface area contributed by atoms with Crippen LogP contribution in [-0.4, -0.2) is 25.0 Å². The Labute approximate surface area is 117 Å². The van der Waals surface area contributed by atoms with E-state index in [4.69, 9.17) is 0 Å². The molecular weight excluding hydrogens is 248 g/mol. The monoisotopic (exact) mass is 274 g/mol. The zero-order valence-corrected chi connectivity index (χ0v) is 12.2. The highest BCUT2D eigenvalue weighted by molar-refractivity contribution is 5.85. The van der Waals surface area contributed by atoms with Gasteiger partial charge in [0.05, 0.1) is 0 Å². The van der Waals surface area contributed by atoms with Crippen LogP contribution in [0, 0.1) is 11.8 Å². The minimum Gasteiger partial charge on any atom is -0.356 e. The van der Waals surface area contributed by atoms with Gasteiger partial charge in [0.2, 0.25) is 5.91 Å². The van der Waals surface area contributed by atoms with Gasteiger partial charge in [0, 0.05) is 19.0 Å². The number of hydrogen-bond donors (Lipinski definition) is 2. The highest BCUT2D eigenvalue weighted by atomic mass is 35.5. The van der Waals surface area contributed by atoms with E-state index in [-0.39, 0.29) is 18.3 Å². The minimum atomic E-state index is 0. The molecule has 106 valence electrons. The van der Waals surface area contributed by atoms with E-state index in [0.29, 0.717) is 12.5 Å². The van der Waals surface area contributed by atoms with Crippen molar-refractivity contribution in [1.29, 1.82) is 0 Å². The second kappa shape index (κ2) is 8.00. The van der Waals surface area contributed by atoms with Crippen LogP contribution in [0.4, 0.5) is 0 Å². The van der Waals surface area contributed by atoms with E-state index in [0.717, 1.165) is 31.3 Å². The highest BCUT2D eigenvalue weighted by Crippen LogP contribution is 2.27. The standard InChI is InChI=1S/C14H26N2O.ClH/c1-11-4-2-5-12(8-11)10-16-14(17)9-13-6-3-7-15-13;/h11-13,15H,2-10H2,1H3,(H,16,17);1H. The fourth-order valence-corrected chi connectivity index (χ4v) is 3.23. The Balaban J connectivity index is 0.00000162. The zero-order chi connectivity index (χ0) is 12.1. The van der Waals surface area contributed by atoms with Crippen LogP contribution >= 0.6 is 12.4 Å². The molecule has 1 saturated heterocycles. The lowest BCUT2D eigenvalue weighted by molar-refractivity contribution is -0.121. The lowest BCUT2D eigenvalue weighted by Crippen LogP contribution is -2.35. The summed E-state index contributed by atoms with van der Waals surface area (Å²) in [6.45, 7) is 4.31. The molecular formula is C14H27ClN2O. The van der Waals surface area contributed by atoms with Crippen LogP contribution < -0.4 is 10.6 Å². The Morgan fingerprint density at radius 3 is 2.78 bits per heavy atom. The molecule has 2 N–H and O–H groups in total. The molecule has 0 aromatic rings. The lowest BCUT2D eigenvalue weighted by atomic mass is 9.82. The fraction of sp³-hybridized carbons (Fsp3) is 0.929. The molecule has 4 heteroatoms. The topological polar surface area (TPSA) is 41.1 Å². The average molecular weight is 275 g/mol. The molecule has 1 saturated carbocycles. The summed E-state index contributed by atoms with van der Waals surface area (Å²) < 4.78 is 0. The van der Waals surface area contributed by atoms with Crippen molar-refractivity contribution in [2.45, 2.75) is 57.9 Å². The summed E-state index contributed by atoms with van der Waals surface area (Å²) in [4.78, 5) is 11.8. The van der Waals surface area contributed by atoms with Crippen molar-refractivity contribution in [3.8, 4) is 0 Å². The molecule has 3 nitrogen and oxygen atoms in total. The summed E-state index contributed by atoms with van der Waals surface area (Å²) in [6, 6.07) is 0.431. The Bertz CT molecular complexity index is 254. The van der Waals surface area contributed by atoms with Crippen LogP contribution in [-0.2, 0) is 4.79 Å². The van der Waals surface area contributed by atoms with E-state index in [1.165, 1.54) is 32.1 Å². The molecule has 0 bridgehead atoms. The Hall–Kier alpha value is -0.280. The van der Waals surface area contributed by atoms with Gasteiger partial charge in [0.25, 0.3) is 0 Å². The molecule has 3 atom stereocenters. The third-order valence-corrected chi connectivity index (χ3v) is 4.23. The van der Waals surface area contributed by atoms with Gasteiger partial charge < -0.3 is 10.6 Å². The van der Waals surface area contributed by atoms with Gasteiger partial charge in [0.1, 0.15) is 0 Å². The molecule has 1 aliphatic heterocycles. The van der Waals surface area contributed by atoms with Crippen molar-refractivity contribution in [2.24, 2.45) is 11.8 Å². The first-order valence-corrected chi connectivity index (χ1v) is 7.24.